The van der Waals surface area contributed by atoms with E-state index in [1.54, 1.807) is 12.1 Å². The quantitative estimate of drug-likeness (QED) is 0.785. The van der Waals surface area contributed by atoms with Crippen LogP contribution in [-0.2, 0) is 13.0 Å². The Bertz CT molecular complexity index is 589. The second-order valence-electron chi connectivity index (χ2n) is 4.91. The van der Waals surface area contributed by atoms with Crippen molar-refractivity contribution in [3.05, 3.63) is 34.2 Å². The lowest BCUT2D eigenvalue weighted by Gasteiger charge is -2.29. The highest BCUT2D eigenvalue weighted by molar-refractivity contribution is 9.10. The third kappa shape index (κ3) is 1.70. The zero-order valence-electron chi connectivity index (χ0n) is 9.87. The minimum atomic E-state index is -0.148. The monoisotopic (exact) mass is 296 g/mol. The molecule has 0 saturated carbocycles. The topological polar surface area (TPSA) is 8.17 Å². The van der Waals surface area contributed by atoms with Crippen LogP contribution < -0.4 is 0 Å². The molecule has 90 valence electrons. The van der Waals surface area contributed by atoms with Crippen LogP contribution in [0.3, 0.4) is 0 Å². The van der Waals surface area contributed by atoms with Gasteiger partial charge in [0.2, 0.25) is 0 Å². The van der Waals surface area contributed by atoms with E-state index < -0.39 is 0 Å². The third-order valence-corrected chi connectivity index (χ3v) is 4.19. The first kappa shape index (κ1) is 11.2. The van der Waals surface area contributed by atoms with Crippen molar-refractivity contribution in [2.75, 3.05) is 14.1 Å². The Hall–Kier alpha value is -0.870. The van der Waals surface area contributed by atoms with E-state index in [-0.39, 0.29) is 5.82 Å². The molecule has 0 radical (unpaired) electrons. The van der Waals surface area contributed by atoms with Crippen LogP contribution in [0.2, 0.25) is 0 Å². The molecule has 1 aromatic heterocycles. The second kappa shape index (κ2) is 3.82. The molecule has 0 aliphatic carbocycles. The van der Waals surface area contributed by atoms with Gasteiger partial charge < -0.3 is 9.47 Å². The molecule has 0 saturated heterocycles. The standard InChI is InChI=1S/C13H14BrFN2/c1-16(2)10-4-8-3-9(15)5-11-12(14)7-17(6-10)13(8)11/h3,5,7,10H,4,6H2,1-2H3/t10-/m0/s1. The minimum Gasteiger partial charge on any atom is -0.344 e. The van der Waals surface area contributed by atoms with E-state index in [0.717, 1.165) is 28.4 Å². The highest BCUT2D eigenvalue weighted by Crippen LogP contribution is 2.33. The molecule has 1 aromatic carbocycles. The molecule has 0 unspecified atom stereocenters. The van der Waals surface area contributed by atoms with E-state index in [1.807, 2.05) is 0 Å². The lowest BCUT2D eigenvalue weighted by molar-refractivity contribution is 0.258. The van der Waals surface area contributed by atoms with Crippen molar-refractivity contribution in [3.63, 3.8) is 0 Å². The fourth-order valence-electron chi connectivity index (χ4n) is 2.64. The van der Waals surface area contributed by atoms with E-state index >= 15 is 0 Å². The molecule has 3 rings (SSSR count). The highest BCUT2D eigenvalue weighted by atomic mass is 79.9. The minimum absolute atomic E-state index is 0.148. The predicted molar refractivity (Wildman–Crippen MR) is 70.8 cm³/mol. The summed E-state index contributed by atoms with van der Waals surface area (Å²) in [5.41, 5.74) is 2.28. The van der Waals surface area contributed by atoms with E-state index in [4.69, 9.17) is 0 Å². The van der Waals surface area contributed by atoms with Gasteiger partial charge in [0.25, 0.3) is 0 Å². The molecule has 1 aliphatic heterocycles. The number of hydrogen-bond acceptors (Lipinski definition) is 1. The Morgan fingerprint density at radius 1 is 1.41 bits per heavy atom. The molecule has 17 heavy (non-hydrogen) atoms. The van der Waals surface area contributed by atoms with Crippen LogP contribution in [0.5, 0.6) is 0 Å². The molecule has 2 heterocycles. The summed E-state index contributed by atoms with van der Waals surface area (Å²) in [6.07, 6.45) is 2.97. The summed E-state index contributed by atoms with van der Waals surface area (Å²) in [7, 11) is 4.15. The molecule has 0 amide bonds. The predicted octanol–water partition coefficient (Wildman–Crippen LogP) is 3.03. The maximum atomic E-state index is 13.6. The van der Waals surface area contributed by atoms with E-state index in [2.05, 4.69) is 45.7 Å². The molecule has 2 nitrogen and oxygen atoms in total. The van der Waals surface area contributed by atoms with Crippen molar-refractivity contribution in [1.82, 2.24) is 9.47 Å². The summed E-state index contributed by atoms with van der Waals surface area (Å²) in [5, 5.41) is 0.984. The zero-order chi connectivity index (χ0) is 12.2. The number of hydrogen-bond donors (Lipinski definition) is 0. The molecule has 0 spiro atoms. The van der Waals surface area contributed by atoms with Crippen LogP contribution in [0.4, 0.5) is 4.39 Å². The normalized spacial score (nSPS) is 19.2. The van der Waals surface area contributed by atoms with Crippen molar-refractivity contribution in [2.45, 2.75) is 19.0 Å². The summed E-state index contributed by atoms with van der Waals surface area (Å²) >= 11 is 3.51. The average molecular weight is 297 g/mol. The van der Waals surface area contributed by atoms with Gasteiger partial charge in [-0.3, -0.25) is 0 Å². The van der Waals surface area contributed by atoms with Crippen LogP contribution >= 0.6 is 15.9 Å². The number of benzene rings is 1. The Labute approximate surface area is 108 Å². The van der Waals surface area contributed by atoms with E-state index in [0.29, 0.717) is 6.04 Å². The van der Waals surface area contributed by atoms with Gasteiger partial charge in [-0.05, 0) is 54.1 Å². The number of nitrogens with zero attached hydrogens (tertiary/aromatic N) is 2. The van der Waals surface area contributed by atoms with Gasteiger partial charge in [-0.2, -0.15) is 0 Å². The Morgan fingerprint density at radius 2 is 2.18 bits per heavy atom. The molecule has 0 bridgehead atoms. The Morgan fingerprint density at radius 3 is 2.88 bits per heavy atom. The summed E-state index contributed by atoms with van der Waals surface area (Å²) in [5.74, 6) is -0.148. The van der Waals surface area contributed by atoms with Crippen LogP contribution in [-0.4, -0.2) is 29.6 Å². The van der Waals surface area contributed by atoms with E-state index in [1.165, 1.54) is 5.52 Å². The largest absolute Gasteiger partial charge is 0.344 e. The fraction of sp³-hybridized carbons (Fsp3) is 0.385. The van der Waals surface area contributed by atoms with E-state index in [9.17, 15) is 4.39 Å². The van der Waals surface area contributed by atoms with Gasteiger partial charge in [0.1, 0.15) is 5.82 Å². The van der Waals surface area contributed by atoms with Gasteiger partial charge in [-0.25, -0.2) is 4.39 Å². The van der Waals surface area contributed by atoms with Crippen molar-refractivity contribution in [1.29, 1.82) is 0 Å². The summed E-state index contributed by atoms with van der Waals surface area (Å²) in [6, 6.07) is 3.71. The third-order valence-electron chi connectivity index (χ3n) is 3.56. The zero-order valence-corrected chi connectivity index (χ0v) is 11.5. The number of halogens is 2. The van der Waals surface area contributed by atoms with Gasteiger partial charge in [0.05, 0.1) is 5.52 Å². The molecular formula is C13H14BrFN2. The molecule has 1 aliphatic rings. The van der Waals surface area contributed by atoms with Gasteiger partial charge in [0, 0.05) is 28.6 Å². The van der Waals surface area contributed by atoms with Gasteiger partial charge in [-0.1, -0.05) is 0 Å². The summed E-state index contributed by atoms with van der Waals surface area (Å²) in [6.45, 7) is 0.966. The summed E-state index contributed by atoms with van der Waals surface area (Å²) < 4.78 is 16.8. The lowest BCUT2D eigenvalue weighted by Crippen LogP contribution is -2.36. The fourth-order valence-corrected chi connectivity index (χ4v) is 3.19. The smallest absolute Gasteiger partial charge is 0.124 e. The van der Waals surface area contributed by atoms with Gasteiger partial charge >= 0.3 is 0 Å². The first-order valence-electron chi connectivity index (χ1n) is 5.69. The van der Waals surface area contributed by atoms with Crippen molar-refractivity contribution >= 4 is 26.8 Å². The molecule has 2 aromatic rings. The van der Waals surface area contributed by atoms with Crippen LogP contribution in [0.1, 0.15) is 5.56 Å². The lowest BCUT2D eigenvalue weighted by atomic mass is 9.99. The maximum Gasteiger partial charge on any atom is 0.124 e. The van der Waals surface area contributed by atoms with Crippen LogP contribution in [0.25, 0.3) is 10.9 Å². The summed E-state index contributed by atoms with van der Waals surface area (Å²) in [4.78, 5) is 2.20. The highest BCUT2D eigenvalue weighted by Gasteiger charge is 2.24. The van der Waals surface area contributed by atoms with Crippen LogP contribution in [0.15, 0.2) is 22.8 Å². The van der Waals surface area contributed by atoms with Gasteiger partial charge in [0.15, 0.2) is 0 Å². The SMILES string of the molecule is CN(C)[C@H]1Cc2cc(F)cc3c(Br)cn(c23)C1. The molecule has 0 fully saturated rings. The molecular weight excluding hydrogens is 283 g/mol. The molecule has 1 atom stereocenters. The van der Waals surface area contributed by atoms with Crippen LogP contribution in [0, 0.1) is 5.82 Å². The average Bonchev–Trinajstić information content (AvgIpc) is 2.56. The first-order valence-corrected chi connectivity index (χ1v) is 6.49. The molecule has 0 N–H and O–H groups in total. The Kier molecular flexibility index (Phi) is 2.52. The van der Waals surface area contributed by atoms with Gasteiger partial charge in [-0.15, -0.1) is 0 Å². The van der Waals surface area contributed by atoms with Crippen molar-refractivity contribution in [3.8, 4) is 0 Å². The maximum absolute atomic E-state index is 13.6. The second-order valence-corrected chi connectivity index (χ2v) is 5.77. The van der Waals surface area contributed by atoms with Crippen molar-refractivity contribution in [2.24, 2.45) is 0 Å². The number of likely N-dealkylation sites (N-methyl/N-ethyl adjacent to an activating group) is 1. The number of rotatable bonds is 1. The Balaban J connectivity index is 2.23. The first-order chi connectivity index (χ1) is 8.06. The molecule has 4 heteroatoms. The number of aromatic nitrogens is 1. The van der Waals surface area contributed by atoms with Crippen molar-refractivity contribution < 1.29 is 4.39 Å².